The summed E-state index contributed by atoms with van der Waals surface area (Å²) in [6.45, 7) is 2.50. The number of nitrogens with zero attached hydrogens (tertiary/aromatic N) is 1. The normalized spacial score (nSPS) is 17.6. The number of hydrogen-bond donors (Lipinski definition) is 1. The lowest BCUT2D eigenvalue weighted by atomic mass is 10.1. The van der Waals surface area contributed by atoms with Crippen molar-refractivity contribution in [1.29, 1.82) is 0 Å². The zero-order valence-electron chi connectivity index (χ0n) is 15.8. The fourth-order valence-corrected chi connectivity index (χ4v) is 3.36. The van der Waals surface area contributed by atoms with Gasteiger partial charge in [0.15, 0.2) is 0 Å². The summed E-state index contributed by atoms with van der Waals surface area (Å²) < 4.78 is 24.9. The van der Waals surface area contributed by atoms with Crippen LogP contribution in [0.5, 0.6) is 5.75 Å². The topological polar surface area (TPSA) is 59.0 Å². The van der Waals surface area contributed by atoms with E-state index in [9.17, 15) is 14.3 Å². The minimum Gasteiger partial charge on any atom is -0.491 e. The number of ether oxygens (including phenoxy) is 2. The Labute approximate surface area is 164 Å². The Balaban J connectivity index is 1.56. The van der Waals surface area contributed by atoms with Gasteiger partial charge in [0.05, 0.1) is 6.10 Å². The lowest BCUT2D eigenvalue weighted by Crippen LogP contribution is -2.39. The Bertz CT molecular complexity index is 746. The van der Waals surface area contributed by atoms with Gasteiger partial charge in [0.1, 0.15) is 30.6 Å². The molecule has 1 aliphatic heterocycles. The number of benzene rings is 2. The summed E-state index contributed by atoms with van der Waals surface area (Å²) in [5.41, 5.74) is 1.43. The number of rotatable bonds is 10. The van der Waals surface area contributed by atoms with Gasteiger partial charge in [-0.15, -0.1) is 0 Å². The van der Waals surface area contributed by atoms with Crippen LogP contribution in [-0.4, -0.2) is 54.8 Å². The number of hydrogen-bond acceptors (Lipinski definition) is 5. The van der Waals surface area contributed by atoms with E-state index in [1.54, 1.807) is 30.3 Å². The van der Waals surface area contributed by atoms with Crippen LogP contribution >= 0.6 is 0 Å². The highest BCUT2D eigenvalue weighted by Gasteiger charge is 2.21. The van der Waals surface area contributed by atoms with Gasteiger partial charge in [0, 0.05) is 31.8 Å². The average molecular weight is 387 g/mol. The lowest BCUT2D eigenvalue weighted by Gasteiger charge is -2.27. The molecule has 0 amide bonds. The van der Waals surface area contributed by atoms with E-state index in [4.69, 9.17) is 9.47 Å². The van der Waals surface area contributed by atoms with Crippen LogP contribution < -0.4 is 4.74 Å². The summed E-state index contributed by atoms with van der Waals surface area (Å²) in [5, 5.41) is 10.5. The summed E-state index contributed by atoms with van der Waals surface area (Å²) in [5.74, 6) is 0.331. The Morgan fingerprint density at radius 1 is 1.29 bits per heavy atom. The van der Waals surface area contributed by atoms with Crippen molar-refractivity contribution in [3.05, 3.63) is 65.5 Å². The molecule has 0 aromatic heterocycles. The molecule has 0 aliphatic carbocycles. The zero-order chi connectivity index (χ0) is 19.8. The number of aliphatic hydroxyl groups excluding tert-OH is 1. The van der Waals surface area contributed by atoms with Crippen LogP contribution in [0.3, 0.4) is 0 Å². The third kappa shape index (κ3) is 6.41. The van der Waals surface area contributed by atoms with Crippen molar-refractivity contribution >= 4 is 6.29 Å². The lowest BCUT2D eigenvalue weighted by molar-refractivity contribution is 0.0313. The SMILES string of the molecule is O=Cc1ccc(OCC(O)CN(Cc2cccc(F)c2)CC2CCCO2)cc1. The first kappa shape index (κ1) is 20.5. The van der Waals surface area contributed by atoms with E-state index in [1.807, 2.05) is 6.07 Å². The molecule has 2 atom stereocenters. The van der Waals surface area contributed by atoms with Crippen LogP contribution in [-0.2, 0) is 11.3 Å². The van der Waals surface area contributed by atoms with Gasteiger partial charge >= 0.3 is 0 Å². The van der Waals surface area contributed by atoms with Gasteiger partial charge in [-0.1, -0.05) is 12.1 Å². The third-order valence-electron chi connectivity index (χ3n) is 4.71. The van der Waals surface area contributed by atoms with Crippen LogP contribution in [0.25, 0.3) is 0 Å². The largest absolute Gasteiger partial charge is 0.491 e. The number of carbonyl (C=O) groups excluding carboxylic acids is 1. The quantitative estimate of drug-likeness (QED) is 0.635. The van der Waals surface area contributed by atoms with Crippen molar-refractivity contribution in [3.63, 3.8) is 0 Å². The Hall–Kier alpha value is -2.28. The number of aldehydes is 1. The van der Waals surface area contributed by atoms with E-state index in [1.165, 1.54) is 12.1 Å². The molecule has 6 heteroatoms. The summed E-state index contributed by atoms with van der Waals surface area (Å²) in [6.07, 6.45) is 2.24. The van der Waals surface area contributed by atoms with E-state index in [0.717, 1.165) is 31.3 Å². The first-order chi connectivity index (χ1) is 13.6. The van der Waals surface area contributed by atoms with Gasteiger partial charge in [-0.05, 0) is 54.8 Å². The molecule has 5 nitrogen and oxygen atoms in total. The van der Waals surface area contributed by atoms with E-state index in [-0.39, 0.29) is 18.5 Å². The Kier molecular flexibility index (Phi) is 7.54. The molecule has 1 N–H and O–H groups in total. The molecule has 2 aromatic carbocycles. The molecule has 1 saturated heterocycles. The second-order valence-electron chi connectivity index (χ2n) is 7.11. The van der Waals surface area contributed by atoms with Crippen LogP contribution in [0.15, 0.2) is 48.5 Å². The molecule has 28 heavy (non-hydrogen) atoms. The summed E-state index contributed by atoms with van der Waals surface area (Å²) in [6, 6.07) is 13.2. The van der Waals surface area contributed by atoms with E-state index in [2.05, 4.69) is 4.90 Å². The number of carbonyl (C=O) groups is 1. The van der Waals surface area contributed by atoms with Crippen molar-refractivity contribution in [2.75, 3.05) is 26.3 Å². The maximum atomic E-state index is 13.5. The number of aliphatic hydroxyl groups is 1. The van der Waals surface area contributed by atoms with Gasteiger partial charge in [-0.3, -0.25) is 9.69 Å². The molecule has 1 heterocycles. The first-order valence-corrected chi connectivity index (χ1v) is 9.57. The highest BCUT2D eigenvalue weighted by molar-refractivity contribution is 5.74. The van der Waals surface area contributed by atoms with Gasteiger partial charge in [0.25, 0.3) is 0 Å². The van der Waals surface area contributed by atoms with Crippen LogP contribution in [0.4, 0.5) is 4.39 Å². The van der Waals surface area contributed by atoms with Gasteiger partial charge in [-0.2, -0.15) is 0 Å². The van der Waals surface area contributed by atoms with E-state index in [0.29, 0.717) is 30.9 Å². The summed E-state index contributed by atoms with van der Waals surface area (Å²) in [4.78, 5) is 12.8. The summed E-state index contributed by atoms with van der Waals surface area (Å²) in [7, 11) is 0. The van der Waals surface area contributed by atoms with Crippen molar-refractivity contribution in [2.45, 2.75) is 31.6 Å². The maximum absolute atomic E-state index is 13.5. The highest BCUT2D eigenvalue weighted by Crippen LogP contribution is 2.17. The molecule has 0 spiro atoms. The predicted molar refractivity (Wildman–Crippen MR) is 104 cm³/mol. The van der Waals surface area contributed by atoms with Crippen LogP contribution in [0.2, 0.25) is 0 Å². The Morgan fingerprint density at radius 3 is 2.79 bits per heavy atom. The molecule has 0 bridgehead atoms. The van der Waals surface area contributed by atoms with Crippen LogP contribution in [0, 0.1) is 5.82 Å². The predicted octanol–water partition coefficient (Wildman–Crippen LogP) is 3.06. The molecule has 150 valence electrons. The molecular formula is C22H26FNO4. The smallest absolute Gasteiger partial charge is 0.150 e. The molecule has 2 unspecified atom stereocenters. The van der Waals surface area contributed by atoms with Crippen molar-refractivity contribution < 1.29 is 23.8 Å². The van der Waals surface area contributed by atoms with Crippen molar-refractivity contribution in [3.8, 4) is 5.75 Å². The summed E-state index contributed by atoms with van der Waals surface area (Å²) >= 11 is 0. The second-order valence-corrected chi connectivity index (χ2v) is 7.11. The highest BCUT2D eigenvalue weighted by atomic mass is 19.1. The molecule has 1 aliphatic rings. The molecule has 3 rings (SSSR count). The van der Waals surface area contributed by atoms with E-state index < -0.39 is 6.10 Å². The van der Waals surface area contributed by atoms with Crippen molar-refractivity contribution in [2.24, 2.45) is 0 Å². The average Bonchev–Trinajstić information content (AvgIpc) is 3.20. The fourth-order valence-electron chi connectivity index (χ4n) is 3.36. The fraction of sp³-hybridized carbons (Fsp3) is 0.409. The minimum atomic E-state index is -0.708. The maximum Gasteiger partial charge on any atom is 0.150 e. The van der Waals surface area contributed by atoms with E-state index >= 15 is 0 Å². The zero-order valence-corrected chi connectivity index (χ0v) is 15.8. The molecule has 2 aromatic rings. The molecule has 0 saturated carbocycles. The molecule has 1 fully saturated rings. The van der Waals surface area contributed by atoms with Gasteiger partial charge < -0.3 is 14.6 Å². The monoisotopic (exact) mass is 387 g/mol. The molecule has 0 radical (unpaired) electrons. The van der Waals surface area contributed by atoms with Crippen molar-refractivity contribution in [1.82, 2.24) is 4.90 Å². The Morgan fingerprint density at radius 2 is 2.11 bits per heavy atom. The molecular weight excluding hydrogens is 361 g/mol. The van der Waals surface area contributed by atoms with Gasteiger partial charge in [0.2, 0.25) is 0 Å². The van der Waals surface area contributed by atoms with Crippen LogP contribution in [0.1, 0.15) is 28.8 Å². The minimum absolute atomic E-state index is 0.131. The van der Waals surface area contributed by atoms with Gasteiger partial charge in [-0.25, -0.2) is 4.39 Å². The second kappa shape index (κ2) is 10.3. The number of halogens is 1. The third-order valence-corrected chi connectivity index (χ3v) is 4.71. The standard InChI is InChI=1S/C22H26FNO4/c23-19-4-1-3-18(11-19)12-24(14-22-5-2-10-27-22)13-20(26)16-28-21-8-6-17(15-25)7-9-21/h1,3-4,6-9,11,15,20,22,26H,2,5,10,12-14,16H2. The first-order valence-electron chi connectivity index (χ1n) is 9.57.